The van der Waals surface area contributed by atoms with Gasteiger partial charge in [-0.2, -0.15) is 0 Å². The number of hydrogen-bond acceptors (Lipinski definition) is 5. The van der Waals surface area contributed by atoms with E-state index >= 15 is 0 Å². The van der Waals surface area contributed by atoms with Gasteiger partial charge in [0.1, 0.15) is 23.8 Å². The molecule has 10 heteroatoms. The third-order valence-electron chi connectivity index (χ3n) is 3.55. The van der Waals surface area contributed by atoms with Crippen molar-refractivity contribution in [2.24, 2.45) is 0 Å². The molecule has 2 aromatic carbocycles. The summed E-state index contributed by atoms with van der Waals surface area (Å²) in [6.07, 6.45) is 0. The van der Waals surface area contributed by atoms with Crippen LogP contribution in [0.3, 0.4) is 0 Å². The average Bonchev–Trinajstić information content (AvgIpc) is 3.11. The van der Waals surface area contributed by atoms with E-state index < -0.39 is 10.8 Å². The van der Waals surface area contributed by atoms with Crippen molar-refractivity contribution < 1.29 is 18.9 Å². The van der Waals surface area contributed by atoms with Gasteiger partial charge in [0.15, 0.2) is 5.76 Å². The molecule has 28 heavy (non-hydrogen) atoms. The van der Waals surface area contributed by atoms with Crippen LogP contribution < -0.4 is 10.1 Å². The number of benzene rings is 2. The van der Waals surface area contributed by atoms with E-state index in [2.05, 4.69) is 21.2 Å². The molecule has 0 radical (unpaired) electrons. The average molecular weight is 486 g/mol. The third kappa shape index (κ3) is 4.83. The molecule has 0 bridgehead atoms. The molecule has 0 aliphatic heterocycles. The van der Waals surface area contributed by atoms with E-state index in [-0.39, 0.29) is 28.8 Å². The van der Waals surface area contributed by atoms with Gasteiger partial charge in [-0.25, -0.2) is 0 Å². The fourth-order valence-corrected chi connectivity index (χ4v) is 3.16. The van der Waals surface area contributed by atoms with Gasteiger partial charge in [-0.15, -0.1) is 0 Å². The molecule has 0 unspecified atom stereocenters. The van der Waals surface area contributed by atoms with E-state index in [9.17, 15) is 14.9 Å². The van der Waals surface area contributed by atoms with Gasteiger partial charge in [0.25, 0.3) is 11.6 Å². The second kappa shape index (κ2) is 8.64. The first-order chi connectivity index (χ1) is 13.3. The maximum Gasteiger partial charge on any atom is 0.294 e. The Kier molecular flexibility index (Phi) is 6.23. The van der Waals surface area contributed by atoms with Crippen molar-refractivity contribution >= 4 is 56.4 Å². The Morgan fingerprint density at radius 1 is 1.18 bits per heavy atom. The minimum Gasteiger partial charge on any atom is -0.484 e. The fraction of sp³-hybridized carbons (Fsp3) is 0.0556. The zero-order valence-corrected chi connectivity index (χ0v) is 17.0. The van der Waals surface area contributed by atoms with Crippen molar-refractivity contribution in [1.29, 1.82) is 0 Å². The van der Waals surface area contributed by atoms with Gasteiger partial charge in [-0.3, -0.25) is 14.9 Å². The third-order valence-corrected chi connectivity index (χ3v) is 4.58. The monoisotopic (exact) mass is 484 g/mol. The van der Waals surface area contributed by atoms with Crippen LogP contribution in [0.5, 0.6) is 5.75 Å². The maximum atomic E-state index is 12.3. The Hall–Kier alpha value is -2.55. The Morgan fingerprint density at radius 3 is 2.68 bits per heavy atom. The Labute approximate surface area is 177 Å². The van der Waals surface area contributed by atoms with Crippen LogP contribution in [0.1, 0.15) is 16.3 Å². The summed E-state index contributed by atoms with van der Waals surface area (Å²) in [5, 5.41) is 14.2. The molecule has 1 N–H and O–H groups in total. The first-order valence-electron chi connectivity index (χ1n) is 7.75. The zero-order chi connectivity index (χ0) is 20.3. The van der Waals surface area contributed by atoms with Crippen LogP contribution in [0.4, 0.5) is 11.4 Å². The van der Waals surface area contributed by atoms with E-state index in [1.54, 1.807) is 24.3 Å². The lowest BCUT2D eigenvalue weighted by Crippen LogP contribution is -2.12. The highest BCUT2D eigenvalue weighted by Crippen LogP contribution is 2.29. The Morgan fingerprint density at radius 2 is 1.96 bits per heavy atom. The van der Waals surface area contributed by atoms with Crippen molar-refractivity contribution in [3.05, 3.63) is 84.7 Å². The zero-order valence-electron chi connectivity index (χ0n) is 13.9. The van der Waals surface area contributed by atoms with Crippen molar-refractivity contribution in [3.63, 3.8) is 0 Å². The quantitative estimate of drug-likeness (QED) is 0.336. The highest BCUT2D eigenvalue weighted by atomic mass is 79.9. The number of amides is 1. The number of rotatable bonds is 6. The Balaban J connectivity index is 1.68. The van der Waals surface area contributed by atoms with Crippen LogP contribution >= 0.6 is 39.1 Å². The van der Waals surface area contributed by atoms with Crippen LogP contribution in [0.15, 0.2) is 57.4 Å². The van der Waals surface area contributed by atoms with Gasteiger partial charge in [-0.1, -0.05) is 39.1 Å². The van der Waals surface area contributed by atoms with Crippen molar-refractivity contribution in [1.82, 2.24) is 0 Å². The van der Waals surface area contributed by atoms with E-state index in [1.165, 1.54) is 18.2 Å². The number of nitro groups is 1. The highest BCUT2D eigenvalue weighted by Gasteiger charge is 2.19. The first kappa shape index (κ1) is 20.2. The second-order valence-corrected chi connectivity index (χ2v) is 7.26. The SMILES string of the molecule is O=C(Nc1ccc(Cl)cc1[N+](=O)[O-])c1ccc(COc2ccc(Br)cc2Cl)o1. The van der Waals surface area contributed by atoms with Crippen LogP contribution in [0.25, 0.3) is 0 Å². The summed E-state index contributed by atoms with van der Waals surface area (Å²) in [6.45, 7) is 0.0513. The molecule has 0 aliphatic carbocycles. The van der Waals surface area contributed by atoms with Crippen LogP contribution in [0, 0.1) is 10.1 Å². The van der Waals surface area contributed by atoms with E-state index in [0.29, 0.717) is 16.5 Å². The summed E-state index contributed by atoms with van der Waals surface area (Å²) in [5.74, 6) is 0.182. The molecule has 0 aliphatic rings. The van der Waals surface area contributed by atoms with Gasteiger partial charge in [0.2, 0.25) is 0 Å². The fourth-order valence-electron chi connectivity index (χ4n) is 2.26. The molecule has 1 heterocycles. The maximum absolute atomic E-state index is 12.3. The molecule has 0 atom stereocenters. The molecule has 0 fully saturated rings. The molecule has 3 rings (SSSR count). The molecule has 1 aromatic heterocycles. The summed E-state index contributed by atoms with van der Waals surface area (Å²) < 4.78 is 11.8. The lowest BCUT2D eigenvalue weighted by molar-refractivity contribution is -0.383. The molecule has 0 saturated heterocycles. The predicted molar refractivity (Wildman–Crippen MR) is 108 cm³/mol. The van der Waals surface area contributed by atoms with Crippen LogP contribution in [0.2, 0.25) is 10.0 Å². The van der Waals surface area contributed by atoms with E-state index in [4.69, 9.17) is 32.4 Å². The number of halogens is 3. The van der Waals surface area contributed by atoms with Gasteiger partial charge >= 0.3 is 0 Å². The van der Waals surface area contributed by atoms with E-state index in [0.717, 1.165) is 10.5 Å². The minimum absolute atomic E-state index is 0.00949. The number of ether oxygens (including phenoxy) is 1. The van der Waals surface area contributed by atoms with Gasteiger partial charge in [-0.05, 0) is 42.5 Å². The normalized spacial score (nSPS) is 10.5. The van der Waals surface area contributed by atoms with Gasteiger partial charge in [0.05, 0.1) is 9.95 Å². The molecule has 0 saturated carbocycles. The van der Waals surface area contributed by atoms with Crippen molar-refractivity contribution in [2.45, 2.75) is 6.61 Å². The minimum atomic E-state index is -0.640. The second-order valence-electron chi connectivity index (χ2n) is 5.50. The number of anilines is 1. The number of hydrogen-bond donors (Lipinski definition) is 1. The molecular weight excluding hydrogens is 475 g/mol. The summed E-state index contributed by atoms with van der Waals surface area (Å²) in [6, 6.07) is 12.1. The first-order valence-corrected chi connectivity index (χ1v) is 9.30. The topological polar surface area (TPSA) is 94.6 Å². The molecular formula is C18H11BrCl2N2O5. The number of nitrogens with one attached hydrogen (secondary N) is 1. The molecule has 0 spiro atoms. The van der Waals surface area contributed by atoms with Gasteiger partial charge in [0, 0.05) is 15.6 Å². The standard InChI is InChI=1S/C18H11BrCl2N2O5/c19-10-1-5-16(13(21)7-10)27-9-12-3-6-17(28-12)18(24)22-14-4-2-11(20)8-15(14)23(25)26/h1-8H,9H2,(H,22,24). The molecule has 1 amide bonds. The molecule has 7 nitrogen and oxygen atoms in total. The van der Waals surface area contributed by atoms with Gasteiger partial charge < -0.3 is 14.5 Å². The number of furan rings is 1. The number of nitro benzene ring substituents is 1. The summed E-state index contributed by atoms with van der Waals surface area (Å²) in [7, 11) is 0. The lowest BCUT2D eigenvalue weighted by atomic mass is 10.2. The Bertz CT molecular complexity index is 1050. The van der Waals surface area contributed by atoms with Crippen LogP contribution in [-0.4, -0.2) is 10.8 Å². The van der Waals surface area contributed by atoms with Crippen LogP contribution in [-0.2, 0) is 6.61 Å². The predicted octanol–water partition coefficient (Wildman–Crippen LogP) is 6.09. The molecule has 3 aromatic rings. The lowest BCUT2D eigenvalue weighted by Gasteiger charge is -2.07. The van der Waals surface area contributed by atoms with E-state index in [1.807, 2.05) is 0 Å². The number of carbonyl (C=O) groups is 1. The summed E-state index contributed by atoms with van der Waals surface area (Å²) in [4.78, 5) is 22.8. The van der Waals surface area contributed by atoms with Crippen molar-refractivity contribution in [3.8, 4) is 5.75 Å². The molecule has 144 valence electrons. The smallest absolute Gasteiger partial charge is 0.294 e. The summed E-state index contributed by atoms with van der Waals surface area (Å²) in [5.41, 5.74) is -0.309. The number of nitrogens with zero attached hydrogens (tertiary/aromatic N) is 1. The largest absolute Gasteiger partial charge is 0.484 e. The summed E-state index contributed by atoms with van der Waals surface area (Å²) >= 11 is 15.1. The number of carbonyl (C=O) groups excluding carboxylic acids is 1. The van der Waals surface area contributed by atoms with Crippen molar-refractivity contribution in [2.75, 3.05) is 5.32 Å². The highest BCUT2D eigenvalue weighted by molar-refractivity contribution is 9.10.